The third-order valence-electron chi connectivity index (χ3n) is 6.96. The fraction of sp³-hybridized carbons (Fsp3) is 0.212. The van der Waals surface area contributed by atoms with Gasteiger partial charge in [0, 0.05) is 24.5 Å². The maximum absolute atomic E-state index is 14.3. The molecule has 7 nitrogen and oxygen atoms in total. The second-order valence-corrected chi connectivity index (χ2v) is 12.4. The summed E-state index contributed by atoms with van der Waals surface area (Å²) in [6.45, 7) is 1.01. The maximum Gasteiger partial charge on any atom is 0.416 e. The van der Waals surface area contributed by atoms with Crippen LogP contribution in [0.3, 0.4) is 0 Å². The molecule has 236 valence electrons. The van der Waals surface area contributed by atoms with E-state index in [9.17, 15) is 31.2 Å². The summed E-state index contributed by atoms with van der Waals surface area (Å²) < 4.78 is 69.6. The molecule has 45 heavy (non-hydrogen) atoms. The molecule has 12 heteroatoms. The number of rotatable bonds is 12. The predicted octanol–water partition coefficient (Wildman–Crippen LogP) is 6.33. The van der Waals surface area contributed by atoms with Crippen LogP contribution in [0.25, 0.3) is 0 Å². The van der Waals surface area contributed by atoms with Gasteiger partial charge in [0.15, 0.2) is 0 Å². The van der Waals surface area contributed by atoms with E-state index in [1.807, 2.05) is 6.07 Å². The molecule has 4 aromatic rings. The van der Waals surface area contributed by atoms with E-state index in [0.717, 1.165) is 17.7 Å². The van der Waals surface area contributed by atoms with Crippen molar-refractivity contribution in [1.82, 2.24) is 10.2 Å². The van der Waals surface area contributed by atoms with Gasteiger partial charge in [-0.3, -0.25) is 13.9 Å². The van der Waals surface area contributed by atoms with Crippen molar-refractivity contribution in [3.05, 3.63) is 131 Å². The lowest BCUT2D eigenvalue weighted by molar-refractivity contribution is -0.140. The molecule has 0 radical (unpaired) electrons. The molecule has 0 aliphatic carbocycles. The molecule has 0 unspecified atom stereocenters. The average molecular weight is 658 g/mol. The monoisotopic (exact) mass is 657 g/mol. The molecule has 0 saturated heterocycles. The van der Waals surface area contributed by atoms with Crippen LogP contribution in [0, 0.1) is 0 Å². The number of halogens is 4. The quantitative estimate of drug-likeness (QED) is 0.193. The van der Waals surface area contributed by atoms with Crippen molar-refractivity contribution in [3.8, 4) is 0 Å². The van der Waals surface area contributed by atoms with Crippen molar-refractivity contribution in [2.45, 2.75) is 37.0 Å². The van der Waals surface area contributed by atoms with Gasteiger partial charge in [-0.25, -0.2) is 8.42 Å². The van der Waals surface area contributed by atoms with Crippen LogP contribution in [-0.2, 0) is 38.8 Å². The molecule has 4 aromatic carbocycles. The molecule has 0 spiro atoms. The van der Waals surface area contributed by atoms with Crippen molar-refractivity contribution >= 4 is 39.1 Å². The van der Waals surface area contributed by atoms with Gasteiger partial charge in [-0.2, -0.15) is 13.2 Å². The number of likely N-dealkylation sites (N-methyl/N-ethyl adjacent to an activating group) is 1. The van der Waals surface area contributed by atoms with Gasteiger partial charge in [0.1, 0.15) is 12.6 Å². The molecule has 0 saturated carbocycles. The first-order valence-electron chi connectivity index (χ1n) is 14.0. The van der Waals surface area contributed by atoms with E-state index in [1.165, 1.54) is 35.2 Å². The third kappa shape index (κ3) is 8.64. The number of anilines is 1. The van der Waals surface area contributed by atoms with Crippen LogP contribution < -0.4 is 9.62 Å². The van der Waals surface area contributed by atoms with E-state index >= 15 is 0 Å². The fourth-order valence-corrected chi connectivity index (χ4v) is 6.27. The van der Waals surface area contributed by atoms with Gasteiger partial charge in [-0.05, 0) is 60.5 Å². The van der Waals surface area contributed by atoms with E-state index < -0.39 is 46.2 Å². The van der Waals surface area contributed by atoms with Crippen LogP contribution in [0.15, 0.2) is 114 Å². The standard InChI is InChI=1S/C33H31ClF3N3O4S/c1-2-38-32(42)30(20-24-10-5-3-6-11-24)39(22-25-16-18-27(34)19-17-25)31(41)23-40(45(43,44)29-14-7-4-8-15-29)28-13-9-12-26(21-28)33(35,36)37/h3-19,21,30H,2,20,22-23H2,1H3,(H,38,42)/t30-/m1/s1. The number of hydrogen-bond acceptors (Lipinski definition) is 4. The Labute approximate surface area is 265 Å². The van der Waals surface area contributed by atoms with Gasteiger partial charge in [0.05, 0.1) is 16.1 Å². The van der Waals surface area contributed by atoms with E-state index in [4.69, 9.17) is 11.6 Å². The summed E-state index contributed by atoms with van der Waals surface area (Å²) in [5, 5.41) is 3.20. The molecule has 0 bridgehead atoms. The summed E-state index contributed by atoms with van der Waals surface area (Å²) in [6.07, 6.45) is -4.66. The number of sulfonamides is 1. The largest absolute Gasteiger partial charge is 0.416 e. The minimum absolute atomic E-state index is 0.0982. The molecule has 0 heterocycles. The summed E-state index contributed by atoms with van der Waals surface area (Å²) in [5.74, 6) is -1.27. The van der Waals surface area contributed by atoms with Crippen LogP contribution >= 0.6 is 11.6 Å². The highest BCUT2D eigenvalue weighted by Gasteiger charge is 2.36. The molecular weight excluding hydrogens is 627 g/mol. The molecular formula is C33H31ClF3N3O4S. The number of nitrogens with one attached hydrogen (secondary N) is 1. The van der Waals surface area contributed by atoms with Crippen LogP contribution in [0.1, 0.15) is 23.6 Å². The van der Waals surface area contributed by atoms with E-state index in [1.54, 1.807) is 61.5 Å². The number of alkyl halides is 3. The first-order chi connectivity index (χ1) is 21.4. The molecule has 0 aliphatic heterocycles. The molecule has 0 fully saturated rings. The second-order valence-electron chi connectivity index (χ2n) is 10.1. The highest BCUT2D eigenvalue weighted by Crippen LogP contribution is 2.33. The van der Waals surface area contributed by atoms with Gasteiger partial charge < -0.3 is 10.2 Å². The first kappa shape index (κ1) is 33.5. The Morgan fingerprint density at radius 1 is 0.844 bits per heavy atom. The van der Waals surface area contributed by atoms with Gasteiger partial charge in [-0.15, -0.1) is 0 Å². The lowest BCUT2D eigenvalue weighted by Gasteiger charge is -2.34. The average Bonchev–Trinajstić information content (AvgIpc) is 3.03. The van der Waals surface area contributed by atoms with Crippen LogP contribution in [0.4, 0.5) is 18.9 Å². The molecule has 0 aliphatic rings. The normalized spacial score (nSPS) is 12.3. The Balaban J connectivity index is 1.82. The maximum atomic E-state index is 14.3. The van der Waals surface area contributed by atoms with Crippen molar-refractivity contribution < 1.29 is 31.2 Å². The van der Waals surface area contributed by atoms with Crippen molar-refractivity contribution in [1.29, 1.82) is 0 Å². The Kier molecular flexibility index (Phi) is 10.9. The Bertz CT molecular complexity index is 1700. The lowest BCUT2D eigenvalue weighted by atomic mass is 10.0. The van der Waals surface area contributed by atoms with Crippen molar-refractivity contribution in [2.75, 3.05) is 17.4 Å². The van der Waals surface area contributed by atoms with Gasteiger partial charge in [-0.1, -0.05) is 78.3 Å². The van der Waals surface area contributed by atoms with Crippen molar-refractivity contribution in [3.63, 3.8) is 0 Å². The Morgan fingerprint density at radius 3 is 2.07 bits per heavy atom. The summed E-state index contributed by atoms with van der Waals surface area (Å²) in [4.78, 5) is 28.8. The minimum atomic E-state index is -4.76. The number of hydrogen-bond donors (Lipinski definition) is 1. The SMILES string of the molecule is CCNC(=O)[C@@H](Cc1ccccc1)N(Cc1ccc(Cl)cc1)C(=O)CN(c1cccc(C(F)(F)F)c1)S(=O)(=O)c1ccccc1. The lowest BCUT2D eigenvalue weighted by Crippen LogP contribution is -2.53. The topological polar surface area (TPSA) is 86.8 Å². The summed E-state index contributed by atoms with van der Waals surface area (Å²) in [6, 6.07) is 25.4. The zero-order chi connectivity index (χ0) is 32.6. The highest BCUT2D eigenvalue weighted by molar-refractivity contribution is 7.92. The highest BCUT2D eigenvalue weighted by atomic mass is 35.5. The predicted molar refractivity (Wildman–Crippen MR) is 167 cm³/mol. The fourth-order valence-electron chi connectivity index (χ4n) is 4.72. The summed E-state index contributed by atoms with van der Waals surface area (Å²) in [7, 11) is -4.54. The Morgan fingerprint density at radius 2 is 1.47 bits per heavy atom. The van der Waals surface area contributed by atoms with Crippen LogP contribution in [0.5, 0.6) is 0 Å². The number of benzene rings is 4. The Hall–Kier alpha value is -4.35. The van der Waals surface area contributed by atoms with Crippen molar-refractivity contribution in [2.24, 2.45) is 0 Å². The summed E-state index contributed by atoms with van der Waals surface area (Å²) >= 11 is 6.06. The zero-order valence-electron chi connectivity index (χ0n) is 24.2. The molecule has 0 aromatic heterocycles. The number of amides is 2. The number of carbonyl (C=O) groups is 2. The van der Waals surface area contributed by atoms with Gasteiger partial charge >= 0.3 is 6.18 Å². The molecule has 4 rings (SSSR count). The van der Waals surface area contributed by atoms with E-state index in [0.29, 0.717) is 21.0 Å². The minimum Gasteiger partial charge on any atom is -0.355 e. The smallest absolute Gasteiger partial charge is 0.355 e. The first-order valence-corrected chi connectivity index (χ1v) is 15.8. The van der Waals surface area contributed by atoms with Crippen LogP contribution in [0.2, 0.25) is 5.02 Å². The zero-order valence-corrected chi connectivity index (χ0v) is 25.8. The molecule has 1 atom stereocenters. The van der Waals surface area contributed by atoms with E-state index in [2.05, 4.69) is 5.32 Å². The number of carbonyl (C=O) groups excluding carboxylic acids is 2. The molecule has 2 amide bonds. The summed E-state index contributed by atoms with van der Waals surface area (Å²) in [5.41, 5.74) is -0.0879. The van der Waals surface area contributed by atoms with Gasteiger partial charge in [0.25, 0.3) is 10.0 Å². The second kappa shape index (κ2) is 14.6. The van der Waals surface area contributed by atoms with E-state index in [-0.39, 0.29) is 30.1 Å². The number of nitrogens with zero attached hydrogens (tertiary/aromatic N) is 2. The molecule has 1 N–H and O–H groups in total. The third-order valence-corrected chi connectivity index (χ3v) is 9.00. The van der Waals surface area contributed by atoms with Crippen LogP contribution in [-0.4, -0.2) is 44.3 Å². The van der Waals surface area contributed by atoms with Gasteiger partial charge in [0.2, 0.25) is 11.8 Å².